The van der Waals surface area contributed by atoms with E-state index < -0.39 is 12.2 Å². The largest absolute Gasteiger partial charge is 0.389 e. The summed E-state index contributed by atoms with van der Waals surface area (Å²) in [5.74, 6) is 0.0805. The van der Waals surface area contributed by atoms with Crippen LogP contribution in [-0.2, 0) is 4.79 Å². The predicted molar refractivity (Wildman–Crippen MR) is 68.4 cm³/mol. The van der Waals surface area contributed by atoms with E-state index in [1.807, 2.05) is 0 Å². The standard InChI is InChI=1S/C10H11Cl2NO3S/c1-5(14)17-4-8(15)10(16)9-7(12)2-6(11)3-13-9/h2-3,8,10,15-16H,4H2,1H3. The van der Waals surface area contributed by atoms with E-state index in [4.69, 9.17) is 23.2 Å². The Bertz CT molecular complexity index is 417. The van der Waals surface area contributed by atoms with Crippen molar-refractivity contribution in [3.05, 3.63) is 28.0 Å². The normalized spacial score (nSPS) is 14.4. The average Bonchev–Trinajstić information content (AvgIpc) is 2.25. The molecule has 0 amide bonds. The van der Waals surface area contributed by atoms with Crippen LogP contribution in [0, 0.1) is 0 Å². The molecule has 0 radical (unpaired) electrons. The first-order valence-electron chi connectivity index (χ1n) is 4.72. The second-order valence-corrected chi connectivity index (χ2v) is 5.38. The first-order chi connectivity index (χ1) is 7.91. The molecule has 0 aromatic carbocycles. The number of hydrogen-bond acceptors (Lipinski definition) is 5. The molecule has 1 heterocycles. The molecule has 1 rings (SSSR count). The van der Waals surface area contributed by atoms with Crippen molar-refractivity contribution in [3.8, 4) is 0 Å². The summed E-state index contributed by atoms with van der Waals surface area (Å²) in [5, 5.41) is 19.9. The lowest BCUT2D eigenvalue weighted by Gasteiger charge is -2.17. The fourth-order valence-electron chi connectivity index (χ4n) is 1.12. The third kappa shape index (κ3) is 4.44. The highest BCUT2D eigenvalue weighted by molar-refractivity contribution is 8.13. The molecule has 0 saturated carbocycles. The molecule has 0 spiro atoms. The molecule has 2 N–H and O–H groups in total. The number of nitrogens with zero attached hydrogens (tertiary/aromatic N) is 1. The van der Waals surface area contributed by atoms with Gasteiger partial charge in [0.05, 0.1) is 21.8 Å². The molecule has 0 fully saturated rings. The van der Waals surface area contributed by atoms with Crippen molar-refractivity contribution in [2.75, 3.05) is 5.75 Å². The van der Waals surface area contributed by atoms with E-state index in [9.17, 15) is 15.0 Å². The summed E-state index contributed by atoms with van der Waals surface area (Å²) in [5.41, 5.74) is 0.146. The molecule has 0 aliphatic carbocycles. The van der Waals surface area contributed by atoms with Crippen LogP contribution in [0.15, 0.2) is 12.3 Å². The highest BCUT2D eigenvalue weighted by atomic mass is 35.5. The van der Waals surface area contributed by atoms with Crippen LogP contribution in [0.2, 0.25) is 10.0 Å². The molecule has 1 aromatic rings. The molecule has 0 bridgehead atoms. The van der Waals surface area contributed by atoms with Gasteiger partial charge in [-0.15, -0.1) is 0 Å². The Kier molecular flexibility index (Phi) is 5.69. The van der Waals surface area contributed by atoms with E-state index in [0.717, 1.165) is 11.8 Å². The van der Waals surface area contributed by atoms with Gasteiger partial charge in [-0.2, -0.15) is 0 Å². The molecule has 2 atom stereocenters. The van der Waals surface area contributed by atoms with Crippen LogP contribution >= 0.6 is 35.0 Å². The average molecular weight is 296 g/mol. The fraction of sp³-hybridized carbons (Fsp3) is 0.400. The van der Waals surface area contributed by atoms with Crippen molar-refractivity contribution >= 4 is 40.1 Å². The minimum absolute atomic E-state index is 0.0805. The van der Waals surface area contributed by atoms with Crippen LogP contribution in [0.3, 0.4) is 0 Å². The second-order valence-electron chi connectivity index (χ2n) is 3.34. The smallest absolute Gasteiger partial charge is 0.185 e. The van der Waals surface area contributed by atoms with Crippen molar-refractivity contribution in [1.82, 2.24) is 4.98 Å². The van der Waals surface area contributed by atoms with Gasteiger partial charge in [-0.25, -0.2) is 0 Å². The summed E-state index contributed by atoms with van der Waals surface area (Å²) in [4.78, 5) is 14.6. The number of rotatable bonds is 4. The minimum Gasteiger partial charge on any atom is -0.389 e. The predicted octanol–water partition coefficient (Wildman–Crippen LogP) is 2.06. The van der Waals surface area contributed by atoms with Gasteiger partial charge in [0, 0.05) is 18.9 Å². The van der Waals surface area contributed by atoms with Crippen molar-refractivity contribution in [3.63, 3.8) is 0 Å². The van der Waals surface area contributed by atoms with Gasteiger partial charge < -0.3 is 10.2 Å². The lowest BCUT2D eigenvalue weighted by atomic mass is 10.1. The first-order valence-corrected chi connectivity index (χ1v) is 6.46. The number of hydrogen-bond donors (Lipinski definition) is 2. The molecule has 7 heteroatoms. The number of carbonyl (C=O) groups excluding carboxylic acids is 1. The molecule has 17 heavy (non-hydrogen) atoms. The Morgan fingerprint density at radius 3 is 2.71 bits per heavy atom. The number of aromatic nitrogens is 1. The molecule has 1 aromatic heterocycles. The maximum Gasteiger partial charge on any atom is 0.185 e. The lowest BCUT2D eigenvalue weighted by Crippen LogP contribution is -2.22. The zero-order valence-electron chi connectivity index (χ0n) is 8.93. The maximum atomic E-state index is 10.7. The van der Waals surface area contributed by atoms with Crippen molar-refractivity contribution in [2.45, 2.75) is 19.1 Å². The van der Waals surface area contributed by atoms with Crippen LogP contribution in [-0.4, -0.2) is 32.2 Å². The SMILES string of the molecule is CC(=O)SCC(O)C(O)c1ncc(Cl)cc1Cl. The fourth-order valence-corrected chi connectivity index (χ4v) is 2.20. The van der Waals surface area contributed by atoms with Crippen LogP contribution in [0.25, 0.3) is 0 Å². The molecular formula is C10H11Cl2NO3S. The van der Waals surface area contributed by atoms with E-state index in [1.165, 1.54) is 19.2 Å². The third-order valence-corrected chi connectivity index (χ3v) is 3.36. The number of thioether (sulfide) groups is 1. The summed E-state index contributed by atoms with van der Waals surface area (Å²) in [6.45, 7) is 1.39. The van der Waals surface area contributed by atoms with E-state index in [1.54, 1.807) is 0 Å². The van der Waals surface area contributed by atoms with Crippen LogP contribution in [0.4, 0.5) is 0 Å². The van der Waals surface area contributed by atoms with Gasteiger partial charge in [0.2, 0.25) is 0 Å². The van der Waals surface area contributed by atoms with Crippen molar-refractivity contribution in [2.24, 2.45) is 0 Å². The number of halogens is 2. The molecule has 0 aliphatic heterocycles. The molecule has 4 nitrogen and oxygen atoms in total. The van der Waals surface area contributed by atoms with Gasteiger partial charge in [-0.3, -0.25) is 9.78 Å². The summed E-state index contributed by atoms with van der Waals surface area (Å²) in [7, 11) is 0. The monoisotopic (exact) mass is 295 g/mol. The van der Waals surface area contributed by atoms with Crippen LogP contribution < -0.4 is 0 Å². The molecule has 0 saturated heterocycles. The summed E-state index contributed by atoms with van der Waals surface area (Å²) >= 11 is 12.4. The topological polar surface area (TPSA) is 70.4 Å². The third-order valence-electron chi connectivity index (χ3n) is 1.94. The van der Waals surface area contributed by atoms with Crippen molar-refractivity contribution < 1.29 is 15.0 Å². The molecular weight excluding hydrogens is 285 g/mol. The van der Waals surface area contributed by atoms with Gasteiger partial charge in [-0.1, -0.05) is 35.0 Å². The summed E-state index contributed by atoms with van der Waals surface area (Å²) < 4.78 is 0. The Labute approximate surface area is 113 Å². The number of carbonyl (C=O) groups is 1. The molecule has 94 valence electrons. The number of aliphatic hydroxyl groups excluding tert-OH is 2. The second kappa shape index (κ2) is 6.56. The van der Waals surface area contributed by atoms with Gasteiger partial charge in [0.15, 0.2) is 5.12 Å². The Morgan fingerprint density at radius 1 is 1.53 bits per heavy atom. The van der Waals surface area contributed by atoms with Gasteiger partial charge in [0.25, 0.3) is 0 Å². The first kappa shape index (κ1) is 14.7. The number of aliphatic hydroxyl groups is 2. The van der Waals surface area contributed by atoms with Gasteiger partial charge in [0.1, 0.15) is 6.10 Å². The Balaban J connectivity index is 2.74. The quantitative estimate of drug-likeness (QED) is 0.890. The van der Waals surface area contributed by atoms with E-state index >= 15 is 0 Å². The highest BCUT2D eigenvalue weighted by Gasteiger charge is 2.22. The zero-order valence-corrected chi connectivity index (χ0v) is 11.3. The van der Waals surface area contributed by atoms with Crippen LogP contribution in [0.1, 0.15) is 18.7 Å². The minimum atomic E-state index is -1.24. The molecule has 0 aliphatic rings. The number of pyridine rings is 1. The zero-order chi connectivity index (χ0) is 13.0. The van der Waals surface area contributed by atoms with Crippen molar-refractivity contribution in [1.29, 1.82) is 0 Å². The lowest BCUT2D eigenvalue weighted by molar-refractivity contribution is -0.109. The van der Waals surface area contributed by atoms with E-state index in [2.05, 4.69) is 4.98 Å². The van der Waals surface area contributed by atoms with Crippen LogP contribution in [0.5, 0.6) is 0 Å². The van der Waals surface area contributed by atoms with Gasteiger partial charge in [-0.05, 0) is 6.07 Å². The molecule has 2 unspecified atom stereocenters. The summed E-state index contributed by atoms with van der Waals surface area (Å²) in [6, 6.07) is 1.43. The van der Waals surface area contributed by atoms with E-state index in [0.29, 0.717) is 5.02 Å². The van der Waals surface area contributed by atoms with Gasteiger partial charge >= 0.3 is 0 Å². The van der Waals surface area contributed by atoms with E-state index in [-0.39, 0.29) is 21.6 Å². The maximum absolute atomic E-state index is 10.7. The Morgan fingerprint density at radius 2 is 2.18 bits per heavy atom. The summed E-state index contributed by atoms with van der Waals surface area (Å²) in [6.07, 6.45) is -1.03. The highest BCUT2D eigenvalue weighted by Crippen LogP contribution is 2.26. The Hall–Kier alpha value is -0.330.